The van der Waals surface area contributed by atoms with Gasteiger partial charge in [0, 0.05) is 6.20 Å². The molecule has 1 heterocycles. The summed E-state index contributed by atoms with van der Waals surface area (Å²) in [5.74, 6) is 0.516. The Morgan fingerprint density at radius 3 is 2.93 bits per heavy atom. The van der Waals surface area contributed by atoms with Gasteiger partial charge in [0.15, 0.2) is 6.19 Å². The van der Waals surface area contributed by atoms with Crippen LogP contribution in [-0.2, 0) is 4.74 Å². The zero-order valence-corrected chi connectivity index (χ0v) is 9.86. The molecular formula is C12H20N2O. The maximum absolute atomic E-state index is 8.99. The summed E-state index contributed by atoms with van der Waals surface area (Å²) in [6.45, 7) is 7.08. The topological polar surface area (TPSA) is 36.3 Å². The van der Waals surface area contributed by atoms with E-state index in [-0.39, 0.29) is 6.23 Å². The van der Waals surface area contributed by atoms with Gasteiger partial charge in [-0.3, -0.25) is 4.90 Å². The monoisotopic (exact) mass is 208 g/mol. The van der Waals surface area contributed by atoms with E-state index in [1.165, 1.54) is 5.57 Å². The van der Waals surface area contributed by atoms with Gasteiger partial charge < -0.3 is 4.74 Å². The Labute approximate surface area is 92.3 Å². The van der Waals surface area contributed by atoms with E-state index in [0.29, 0.717) is 5.92 Å². The van der Waals surface area contributed by atoms with E-state index in [4.69, 9.17) is 10.00 Å². The summed E-state index contributed by atoms with van der Waals surface area (Å²) < 4.78 is 5.70. The van der Waals surface area contributed by atoms with Crippen molar-refractivity contribution in [3.63, 3.8) is 0 Å². The van der Waals surface area contributed by atoms with Gasteiger partial charge in [0.1, 0.15) is 6.23 Å². The van der Waals surface area contributed by atoms with E-state index in [0.717, 1.165) is 25.9 Å². The lowest BCUT2D eigenvalue weighted by Crippen LogP contribution is -2.33. The van der Waals surface area contributed by atoms with Gasteiger partial charge in [-0.1, -0.05) is 26.3 Å². The smallest absolute Gasteiger partial charge is 0.186 e. The van der Waals surface area contributed by atoms with Gasteiger partial charge in [-0.2, -0.15) is 5.26 Å². The van der Waals surface area contributed by atoms with Gasteiger partial charge >= 0.3 is 0 Å². The van der Waals surface area contributed by atoms with E-state index in [2.05, 4.69) is 27.0 Å². The second kappa shape index (κ2) is 5.77. The summed E-state index contributed by atoms with van der Waals surface area (Å²) in [6.07, 6.45) is 7.07. The first-order valence-corrected chi connectivity index (χ1v) is 5.66. The highest BCUT2D eigenvalue weighted by atomic mass is 16.5. The van der Waals surface area contributed by atoms with Gasteiger partial charge in [0.2, 0.25) is 0 Å². The number of nitriles is 1. The number of hydrogen-bond donors (Lipinski definition) is 0. The zero-order valence-electron chi connectivity index (χ0n) is 9.86. The van der Waals surface area contributed by atoms with Crippen LogP contribution in [0, 0.1) is 17.4 Å². The molecule has 0 aromatic rings. The molecule has 3 heteroatoms. The van der Waals surface area contributed by atoms with E-state index < -0.39 is 0 Å². The average molecular weight is 208 g/mol. The number of hydrogen-bond acceptors (Lipinski definition) is 3. The lowest BCUT2D eigenvalue weighted by atomic mass is 10.0. The van der Waals surface area contributed by atoms with E-state index in [1.54, 1.807) is 4.90 Å². The van der Waals surface area contributed by atoms with E-state index in [9.17, 15) is 0 Å². The van der Waals surface area contributed by atoms with Gasteiger partial charge in [-0.15, -0.1) is 0 Å². The molecule has 0 aliphatic carbocycles. The fourth-order valence-corrected chi connectivity index (χ4v) is 1.62. The molecule has 1 unspecified atom stereocenters. The van der Waals surface area contributed by atoms with Crippen LogP contribution in [0.3, 0.4) is 0 Å². The summed E-state index contributed by atoms with van der Waals surface area (Å²) in [6, 6.07) is 0. The van der Waals surface area contributed by atoms with Crippen LogP contribution < -0.4 is 0 Å². The fourth-order valence-electron chi connectivity index (χ4n) is 1.62. The largest absolute Gasteiger partial charge is 0.357 e. The van der Waals surface area contributed by atoms with Crippen molar-refractivity contribution in [1.82, 2.24) is 4.90 Å². The minimum Gasteiger partial charge on any atom is -0.357 e. The van der Waals surface area contributed by atoms with Gasteiger partial charge in [-0.25, -0.2) is 0 Å². The maximum atomic E-state index is 8.99. The second-order valence-corrected chi connectivity index (χ2v) is 4.37. The summed E-state index contributed by atoms with van der Waals surface area (Å²) >= 11 is 0. The molecule has 0 saturated carbocycles. The summed E-state index contributed by atoms with van der Waals surface area (Å²) in [5.41, 5.74) is 1.33. The van der Waals surface area contributed by atoms with Gasteiger partial charge in [0.05, 0.1) is 6.61 Å². The molecule has 1 rings (SSSR count). The molecular weight excluding hydrogens is 188 g/mol. The third-order valence-corrected chi connectivity index (χ3v) is 2.54. The Bertz CT molecular complexity index is 265. The molecule has 0 bridgehead atoms. The minimum atomic E-state index is -0.0484. The summed E-state index contributed by atoms with van der Waals surface area (Å²) in [5, 5.41) is 8.99. The summed E-state index contributed by atoms with van der Waals surface area (Å²) in [4.78, 5) is 1.64. The first-order valence-electron chi connectivity index (χ1n) is 5.66. The Morgan fingerprint density at radius 1 is 1.67 bits per heavy atom. The molecule has 0 aromatic heterocycles. The number of rotatable bonds is 4. The lowest BCUT2D eigenvalue weighted by Gasteiger charge is -2.29. The molecule has 0 radical (unpaired) electrons. The highest BCUT2D eigenvalue weighted by molar-refractivity contribution is 5.08. The zero-order chi connectivity index (χ0) is 11.3. The van der Waals surface area contributed by atoms with Crippen LogP contribution in [0.25, 0.3) is 0 Å². The van der Waals surface area contributed by atoms with Crippen LogP contribution in [-0.4, -0.2) is 17.7 Å². The van der Waals surface area contributed by atoms with Crippen molar-refractivity contribution in [3.8, 4) is 6.19 Å². The molecule has 0 saturated heterocycles. The molecule has 0 spiro atoms. The number of ether oxygens (including phenoxy) is 1. The first kappa shape index (κ1) is 12.1. The highest BCUT2D eigenvalue weighted by Gasteiger charge is 2.21. The molecule has 0 aromatic carbocycles. The molecule has 1 atom stereocenters. The standard InChI is InChI=1S/C12H20N2O/c1-4-11-5-6-12(14(7-11)9-13)15-8-10(2)3/h7,10,12H,4-6,8H2,1-3H3. The highest BCUT2D eigenvalue weighted by Crippen LogP contribution is 2.23. The third-order valence-electron chi connectivity index (χ3n) is 2.54. The average Bonchev–Trinajstić information content (AvgIpc) is 2.25. The quantitative estimate of drug-likeness (QED) is 0.666. The van der Waals surface area contributed by atoms with Gasteiger partial charge in [-0.05, 0) is 25.2 Å². The molecule has 84 valence electrons. The molecule has 15 heavy (non-hydrogen) atoms. The van der Waals surface area contributed by atoms with E-state index >= 15 is 0 Å². The molecule has 1 aliphatic heterocycles. The maximum Gasteiger partial charge on any atom is 0.186 e. The van der Waals surface area contributed by atoms with Crippen molar-refractivity contribution >= 4 is 0 Å². The normalized spacial score (nSPS) is 21.4. The van der Waals surface area contributed by atoms with Crippen molar-refractivity contribution < 1.29 is 4.74 Å². The Balaban J connectivity index is 2.53. The predicted octanol–water partition coefficient (Wildman–Crippen LogP) is 2.86. The molecule has 3 nitrogen and oxygen atoms in total. The van der Waals surface area contributed by atoms with Crippen molar-refractivity contribution in [2.45, 2.75) is 46.3 Å². The fraction of sp³-hybridized carbons (Fsp3) is 0.750. The molecule has 0 N–H and O–H groups in total. The lowest BCUT2D eigenvalue weighted by molar-refractivity contribution is -0.0355. The molecule has 0 amide bonds. The Morgan fingerprint density at radius 2 is 2.40 bits per heavy atom. The van der Waals surface area contributed by atoms with E-state index in [1.807, 2.05) is 6.20 Å². The van der Waals surface area contributed by atoms with Crippen LogP contribution in [0.15, 0.2) is 11.8 Å². The van der Waals surface area contributed by atoms with Crippen molar-refractivity contribution in [2.75, 3.05) is 6.61 Å². The van der Waals surface area contributed by atoms with Crippen molar-refractivity contribution in [2.24, 2.45) is 5.92 Å². The van der Waals surface area contributed by atoms with Crippen LogP contribution >= 0.6 is 0 Å². The van der Waals surface area contributed by atoms with Crippen molar-refractivity contribution in [1.29, 1.82) is 5.26 Å². The SMILES string of the molecule is CCC1=CN(C#N)C(OCC(C)C)CC1. The predicted molar refractivity (Wildman–Crippen MR) is 59.6 cm³/mol. The molecule has 1 aliphatic rings. The van der Waals surface area contributed by atoms with Gasteiger partial charge in [0.25, 0.3) is 0 Å². The number of nitrogens with zero attached hydrogens (tertiary/aromatic N) is 2. The Hall–Kier alpha value is -1.01. The summed E-state index contributed by atoms with van der Waals surface area (Å²) in [7, 11) is 0. The van der Waals surface area contributed by atoms with Crippen LogP contribution in [0.1, 0.15) is 40.0 Å². The molecule has 0 fully saturated rings. The minimum absolute atomic E-state index is 0.0484. The van der Waals surface area contributed by atoms with Crippen LogP contribution in [0.2, 0.25) is 0 Å². The van der Waals surface area contributed by atoms with Crippen LogP contribution in [0.5, 0.6) is 0 Å². The van der Waals surface area contributed by atoms with Crippen molar-refractivity contribution in [3.05, 3.63) is 11.8 Å². The third kappa shape index (κ3) is 3.56. The van der Waals surface area contributed by atoms with Crippen LogP contribution in [0.4, 0.5) is 0 Å². The first-order chi connectivity index (χ1) is 7.17. The second-order valence-electron chi connectivity index (χ2n) is 4.37. The number of allylic oxidation sites excluding steroid dienone is 1. The Kier molecular flexibility index (Phi) is 4.64.